The summed E-state index contributed by atoms with van der Waals surface area (Å²) in [5.41, 5.74) is 6.02. The van der Waals surface area contributed by atoms with E-state index in [9.17, 15) is 9.59 Å². The minimum absolute atomic E-state index is 0.404. The lowest BCUT2D eigenvalue weighted by Gasteiger charge is -2.29. The molecule has 2 unspecified atom stereocenters. The number of fused-ring (bicyclic) bond motifs is 1. The first-order valence-corrected chi connectivity index (χ1v) is 8.10. The van der Waals surface area contributed by atoms with E-state index in [1.54, 1.807) is 5.56 Å². The molecule has 0 amide bonds. The number of rotatable bonds is 2. The molecular weight excluding hydrogens is 318 g/mol. The topological polar surface area (TPSA) is 86.6 Å². The molecule has 5 heteroatoms. The van der Waals surface area contributed by atoms with Crippen LogP contribution in [-0.2, 0) is 16.0 Å². The fraction of sp³-hybridized carbons (Fsp3) is 0.200. The summed E-state index contributed by atoms with van der Waals surface area (Å²) in [5, 5.41) is 19.3. The molecule has 0 radical (unpaired) electrons. The predicted octanol–water partition coefficient (Wildman–Crippen LogP) is 2.73. The van der Waals surface area contributed by atoms with Gasteiger partial charge in [-0.3, -0.25) is 0 Å². The smallest absolute Gasteiger partial charge is 0.328 e. The van der Waals surface area contributed by atoms with Gasteiger partial charge in [0.15, 0.2) is 0 Å². The first-order chi connectivity index (χ1) is 12.1. The van der Waals surface area contributed by atoms with Gasteiger partial charge in [-0.1, -0.05) is 48.5 Å². The Morgan fingerprint density at radius 1 is 0.880 bits per heavy atom. The van der Waals surface area contributed by atoms with E-state index < -0.39 is 11.9 Å². The Morgan fingerprint density at radius 2 is 1.44 bits per heavy atom. The van der Waals surface area contributed by atoms with Crippen molar-refractivity contribution < 1.29 is 19.8 Å². The largest absolute Gasteiger partial charge is 0.478 e. The van der Waals surface area contributed by atoms with Gasteiger partial charge in [0, 0.05) is 24.6 Å². The van der Waals surface area contributed by atoms with Gasteiger partial charge in [0.25, 0.3) is 0 Å². The predicted molar refractivity (Wildman–Crippen MR) is 93.6 cm³/mol. The Hall–Kier alpha value is -2.92. The van der Waals surface area contributed by atoms with Gasteiger partial charge >= 0.3 is 11.9 Å². The van der Waals surface area contributed by atoms with Crippen LogP contribution in [0.3, 0.4) is 0 Å². The van der Waals surface area contributed by atoms with Crippen molar-refractivity contribution >= 4 is 11.9 Å². The number of hydrogen-bond donors (Lipinski definition) is 3. The maximum Gasteiger partial charge on any atom is 0.328 e. The zero-order valence-electron chi connectivity index (χ0n) is 13.6. The van der Waals surface area contributed by atoms with Crippen LogP contribution in [0.25, 0.3) is 0 Å². The summed E-state index contributed by atoms with van der Waals surface area (Å²) in [6.07, 6.45) is 2.29. The monoisotopic (exact) mass is 337 g/mol. The number of hydrogen-bond acceptors (Lipinski definition) is 3. The maximum absolute atomic E-state index is 9.55. The van der Waals surface area contributed by atoms with Crippen molar-refractivity contribution in [2.24, 2.45) is 0 Å². The number of carboxylic acids is 2. The van der Waals surface area contributed by atoms with Gasteiger partial charge in [0.2, 0.25) is 0 Å². The van der Waals surface area contributed by atoms with Gasteiger partial charge in [-0.2, -0.15) is 0 Å². The van der Waals surface area contributed by atoms with Gasteiger partial charge in [0.05, 0.1) is 6.04 Å². The third-order valence-electron chi connectivity index (χ3n) is 4.52. The molecular formula is C20H19NO4. The highest BCUT2D eigenvalue weighted by molar-refractivity contribution is 5.89. The zero-order chi connectivity index (χ0) is 17.8. The summed E-state index contributed by atoms with van der Waals surface area (Å²) in [4.78, 5) is 19.1. The Morgan fingerprint density at radius 3 is 2.08 bits per heavy atom. The summed E-state index contributed by atoms with van der Waals surface area (Å²) in [7, 11) is 0. The van der Waals surface area contributed by atoms with Gasteiger partial charge in [-0.15, -0.1) is 0 Å². The van der Waals surface area contributed by atoms with E-state index in [2.05, 4.69) is 53.8 Å². The normalized spacial score (nSPS) is 20.0. The molecule has 0 saturated heterocycles. The van der Waals surface area contributed by atoms with Crippen molar-refractivity contribution in [3.63, 3.8) is 0 Å². The highest BCUT2D eigenvalue weighted by Crippen LogP contribution is 2.40. The summed E-state index contributed by atoms with van der Waals surface area (Å²) in [6.45, 7) is 1.11. The minimum atomic E-state index is -1.26. The van der Waals surface area contributed by atoms with Gasteiger partial charge in [-0.25, -0.2) is 9.59 Å². The van der Waals surface area contributed by atoms with Gasteiger partial charge < -0.3 is 15.5 Å². The molecule has 0 aromatic heterocycles. The van der Waals surface area contributed by atoms with E-state index in [-0.39, 0.29) is 0 Å². The third-order valence-corrected chi connectivity index (χ3v) is 4.52. The van der Waals surface area contributed by atoms with Crippen LogP contribution in [-0.4, -0.2) is 28.7 Å². The molecule has 5 nitrogen and oxygen atoms in total. The van der Waals surface area contributed by atoms with E-state index >= 15 is 0 Å². The summed E-state index contributed by atoms with van der Waals surface area (Å²) in [5.74, 6) is -1.87. The summed E-state index contributed by atoms with van der Waals surface area (Å²) in [6, 6.07) is 18.2. The zero-order valence-corrected chi connectivity index (χ0v) is 13.6. The highest BCUT2D eigenvalue weighted by atomic mass is 16.4. The lowest BCUT2D eigenvalue weighted by molar-refractivity contribution is -0.134. The van der Waals surface area contributed by atoms with E-state index in [0.717, 1.165) is 6.54 Å². The average molecular weight is 337 g/mol. The second kappa shape index (κ2) is 7.32. The van der Waals surface area contributed by atoms with Gasteiger partial charge in [0.1, 0.15) is 0 Å². The number of aliphatic carboxylic acids is 2. The Labute approximate surface area is 145 Å². The van der Waals surface area contributed by atoms with Crippen LogP contribution >= 0.6 is 0 Å². The number of carbonyl (C=O) groups is 2. The van der Waals surface area contributed by atoms with Crippen LogP contribution in [0.1, 0.15) is 34.2 Å². The van der Waals surface area contributed by atoms with Crippen LogP contribution in [0.5, 0.6) is 0 Å². The van der Waals surface area contributed by atoms with Crippen molar-refractivity contribution in [1.29, 1.82) is 0 Å². The third kappa shape index (κ3) is 3.78. The van der Waals surface area contributed by atoms with E-state index in [4.69, 9.17) is 10.2 Å². The van der Waals surface area contributed by atoms with Gasteiger partial charge in [-0.05, 0) is 28.7 Å². The molecule has 25 heavy (non-hydrogen) atoms. The molecule has 3 aliphatic rings. The molecule has 2 heterocycles. The number of benzene rings is 2. The highest BCUT2D eigenvalue weighted by Gasteiger charge is 2.32. The molecule has 2 aromatic rings. The number of nitrogens with one attached hydrogen (secondary N) is 1. The molecule has 2 aromatic carbocycles. The molecule has 3 N–H and O–H groups in total. The molecule has 1 aliphatic carbocycles. The van der Waals surface area contributed by atoms with Crippen LogP contribution < -0.4 is 5.32 Å². The Kier molecular flexibility index (Phi) is 4.95. The van der Waals surface area contributed by atoms with Crippen LogP contribution in [0.4, 0.5) is 0 Å². The van der Waals surface area contributed by atoms with E-state index in [1.807, 2.05) is 0 Å². The molecule has 0 saturated carbocycles. The molecule has 2 bridgehead atoms. The summed E-state index contributed by atoms with van der Waals surface area (Å²) < 4.78 is 0. The van der Waals surface area contributed by atoms with Crippen molar-refractivity contribution in [2.45, 2.75) is 18.4 Å². The quantitative estimate of drug-likeness (QED) is 0.734. The lowest BCUT2D eigenvalue weighted by atomic mass is 9.87. The summed E-state index contributed by atoms with van der Waals surface area (Å²) >= 11 is 0. The van der Waals surface area contributed by atoms with Crippen molar-refractivity contribution in [2.75, 3.05) is 6.54 Å². The fourth-order valence-corrected chi connectivity index (χ4v) is 3.49. The Balaban J connectivity index is 0.000000197. The van der Waals surface area contributed by atoms with Crippen molar-refractivity contribution in [1.82, 2.24) is 5.32 Å². The standard InChI is InChI=1S/C16H15N.C4H4O4/c1-2-7-14-11(5-1)9-12-10-17-16(14)15-8-4-3-6-13(12)15;5-3(6)1-2-4(7)8/h1-8,12,16-17H,9-10H2;1-2H,(H,5,6)(H,7,8)/b;2-1-. The maximum atomic E-state index is 9.55. The molecule has 0 spiro atoms. The second-order valence-corrected chi connectivity index (χ2v) is 6.08. The first kappa shape index (κ1) is 16.9. The number of carboxylic acid groups (broad SMARTS) is 2. The lowest BCUT2D eigenvalue weighted by Crippen LogP contribution is -2.31. The molecule has 5 rings (SSSR count). The van der Waals surface area contributed by atoms with E-state index in [1.165, 1.54) is 23.1 Å². The van der Waals surface area contributed by atoms with Crippen molar-refractivity contribution in [3.05, 3.63) is 82.9 Å². The SMILES string of the molecule is O=C(O)/C=C\C(=O)O.c1ccc2c(c1)CC1CNC2c2ccccc21. The fourth-order valence-electron chi connectivity index (χ4n) is 3.49. The van der Waals surface area contributed by atoms with Crippen molar-refractivity contribution in [3.8, 4) is 0 Å². The minimum Gasteiger partial charge on any atom is -0.478 e. The van der Waals surface area contributed by atoms with Crippen LogP contribution in [0.2, 0.25) is 0 Å². The average Bonchev–Trinajstić information content (AvgIpc) is 2.88. The van der Waals surface area contributed by atoms with Crippen LogP contribution in [0.15, 0.2) is 60.7 Å². The molecule has 2 atom stereocenters. The molecule has 0 fully saturated rings. The second-order valence-electron chi connectivity index (χ2n) is 6.08. The van der Waals surface area contributed by atoms with Crippen LogP contribution in [0, 0.1) is 0 Å². The molecule has 2 aliphatic heterocycles. The van der Waals surface area contributed by atoms with E-state index in [0.29, 0.717) is 24.1 Å². The Bertz CT molecular complexity index is 812. The molecule has 128 valence electrons. The first-order valence-electron chi connectivity index (χ1n) is 8.10.